The molecular weight excluding hydrogens is 290 g/mol. The normalized spacial score (nSPS) is 43.4. The Labute approximate surface area is 127 Å². The van der Waals surface area contributed by atoms with Crippen LogP contribution in [-0.4, -0.2) is 60.8 Å². The summed E-state index contributed by atoms with van der Waals surface area (Å²) in [5.74, 6) is -0.784. The number of hydrogen-bond donors (Lipinski definition) is 3. The summed E-state index contributed by atoms with van der Waals surface area (Å²) >= 11 is 0. The SMILES string of the molecule is CC1(C)OC[C@H]2O[C@@H](O)[C@@](N)(CC[Si](C)(C)C)[C@@H](O)[C@@H]2O1. The van der Waals surface area contributed by atoms with E-state index >= 15 is 0 Å². The Hall–Kier alpha value is -0.0231. The zero-order valence-corrected chi connectivity index (χ0v) is 14.6. The van der Waals surface area contributed by atoms with Crippen molar-refractivity contribution < 1.29 is 24.4 Å². The fourth-order valence-electron chi connectivity index (χ4n) is 2.81. The van der Waals surface area contributed by atoms with E-state index in [4.69, 9.17) is 19.9 Å². The molecule has 0 spiro atoms. The quantitative estimate of drug-likeness (QED) is 0.661. The molecule has 0 aliphatic carbocycles. The minimum atomic E-state index is -1.34. The van der Waals surface area contributed by atoms with Crippen molar-refractivity contribution in [3.8, 4) is 0 Å². The molecule has 6 nitrogen and oxygen atoms in total. The highest BCUT2D eigenvalue weighted by Crippen LogP contribution is 2.38. The molecule has 2 heterocycles. The minimum Gasteiger partial charge on any atom is -0.388 e. The predicted molar refractivity (Wildman–Crippen MR) is 81.5 cm³/mol. The van der Waals surface area contributed by atoms with Crippen LogP contribution in [0, 0.1) is 0 Å². The molecule has 0 amide bonds. The van der Waals surface area contributed by atoms with Gasteiger partial charge in [-0.2, -0.15) is 0 Å². The Kier molecular flexibility index (Phi) is 4.59. The van der Waals surface area contributed by atoms with Crippen LogP contribution in [0.25, 0.3) is 0 Å². The maximum absolute atomic E-state index is 10.7. The molecule has 0 saturated carbocycles. The van der Waals surface area contributed by atoms with Gasteiger partial charge in [-0.05, 0) is 20.3 Å². The number of nitrogens with two attached hydrogens (primary N) is 1. The van der Waals surface area contributed by atoms with Gasteiger partial charge in [-0.1, -0.05) is 25.7 Å². The monoisotopic (exact) mass is 319 g/mol. The van der Waals surface area contributed by atoms with Gasteiger partial charge in [-0.15, -0.1) is 0 Å². The molecule has 0 unspecified atom stereocenters. The Balaban J connectivity index is 2.15. The van der Waals surface area contributed by atoms with E-state index in [-0.39, 0.29) is 6.61 Å². The molecule has 0 aromatic carbocycles. The molecule has 2 fully saturated rings. The van der Waals surface area contributed by atoms with Crippen LogP contribution in [-0.2, 0) is 14.2 Å². The smallest absolute Gasteiger partial charge is 0.175 e. The molecule has 21 heavy (non-hydrogen) atoms. The highest BCUT2D eigenvalue weighted by Gasteiger charge is 2.56. The Bertz CT molecular complexity index is 386. The Morgan fingerprint density at radius 1 is 1.24 bits per heavy atom. The first-order valence-electron chi connectivity index (χ1n) is 7.57. The summed E-state index contributed by atoms with van der Waals surface area (Å²) in [7, 11) is -1.34. The lowest BCUT2D eigenvalue weighted by Gasteiger charge is -2.53. The largest absolute Gasteiger partial charge is 0.388 e. The number of fused-ring (bicyclic) bond motifs is 1. The van der Waals surface area contributed by atoms with Crippen LogP contribution in [0.5, 0.6) is 0 Å². The van der Waals surface area contributed by atoms with E-state index in [1.165, 1.54) is 0 Å². The maximum Gasteiger partial charge on any atom is 0.175 e. The molecule has 2 saturated heterocycles. The first-order chi connectivity index (χ1) is 9.45. The molecule has 0 aromatic heterocycles. The molecule has 124 valence electrons. The van der Waals surface area contributed by atoms with Crippen molar-refractivity contribution in [2.45, 2.75) is 81.9 Å². The highest BCUT2D eigenvalue weighted by atomic mass is 28.3. The van der Waals surface area contributed by atoms with Crippen LogP contribution in [0.4, 0.5) is 0 Å². The lowest BCUT2D eigenvalue weighted by Crippen LogP contribution is -2.73. The van der Waals surface area contributed by atoms with Crippen molar-refractivity contribution >= 4 is 8.07 Å². The van der Waals surface area contributed by atoms with Gasteiger partial charge in [0, 0.05) is 8.07 Å². The van der Waals surface area contributed by atoms with Crippen LogP contribution in [0.15, 0.2) is 0 Å². The van der Waals surface area contributed by atoms with Gasteiger partial charge in [0.1, 0.15) is 18.3 Å². The number of aliphatic hydroxyl groups excluding tert-OH is 2. The van der Waals surface area contributed by atoms with Crippen LogP contribution in [0.1, 0.15) is 20.3 Å². The molecule has 2 rings (SSSR count). The first kappa shape index (κ1) is 17.3. The third-order valence-corrected chi connectivity index (χ3v) is 6.06. The summed E-state index contributed by atoms with van der Waals surface area (Å²) in [4.78, 5) is 0. The zero-order valence-electron chi connectivity index (χ0n) is 13.6. The summed E-state index contributed by atoms with van der Waals surface area (Å²) < 4.78 is 16.9. The van der Waals surface area contributed by atoms with Gasteiger partial charge in [0.25, 0.3) is 0 Å². The number of hydrogen-bond acceptors (Lipinski definition) is 6. The summed E-state index contributed by atoms with van der Waals surface area (Å²) in [6, 6.07) is 0.901. The van der Waals surface area contributed by atoms with E-state index < -0.39 is 44.0 Å². The van der Waals surface area contributed by atoms with Crippen LogP contribution >= 0.6 is 0 Å². The summed E-state index contributed by atoms with van der Waals surface area (Å²) in [5, 5.41) is 21.0. The van der Waals surface area contributed by atoms with E-state index in [0.717, 1.165) is 6.04 Å². The van der Waals surface area contributed by atoms with Crippen molar-refractivity contribution in [1.29, 1.82) is 0 Å². The summed E-state index contributed by atoms with van der Waals surface area (Å²) in [5.41, 5.74) is 5.13. The zero-order chi connectivity index (χ0) is 16.1. The van der Waals surface area contributed by atoms with E-state index in [1.54, 1.807) is 13.8 Å². The molecule has 0 aromatic rings. The van der Waals surface area contributed by atoms with Gasteiger partial charge >= 0.3 is 0 Å². The number of ether oxygens (including phenoxy) is 3. The van der Waals surface area contributed by atoms with E-state index in [2.05, 4.69) is 19.6 Å². The summed E-state index contributed by atoms with van der Waals surface area (Å²) in [6.45, 7) is 10.6. The second kappa shape index (κ2) is 5.56. The maximum atomic E-state index is 10.7. The minimum absolute atomic E-state index is 0.274. The molecular formula is C14H29NO5Si. The van der Waals surface area contributed by atoms with Crippen LogP contribution in [0.3, 0.4) is 0 Å². The van der Waals surface area contributed by atoms with Gasteiger partial charge in [0.2, 0.25) is 0 Å². The molecule has 5 atom stereocenters. The standard InChI is InChI=1S/C14H29NO5Si/c1-13(2)18-8-9-10(20-13)11(16)14(15,12(17)19-9)6-7-21(3,4)5/h9-12,16-17H,6-8,15H2,1-5H3/t9-,10-,11+,12-,14-/m1/s1. The molecule has 4 N–H and O–H groups in total. The number of rotatable bonds is 3. The van der Waals surface area contributed by atoms with Crippen molar-refractivity contribution in [2.75, 3.05) is 6.61 Å². The third kappa shape index (κ3) is 3.66. The van der Waals surface area contributed by atoms with Crippen molar-refractivity contribution in [3.05, 3.63) is 0 Å². The Morgan fingerprint density at radius 3 is 2.43 bits per heavy atom. The Morgan fingerprint density at radius 2 is 1.86 bits per heavy atom. The van der Waals surface area contributed by atoms with Crippen molar-refractivity contribution in [2.24, 2.45) is 5.73 Å². The van der Waals surface area contributed by atoms with Crippen molar-refractivity contribution in [1.82, 2.24) is 0 Å². The fourth-order valence-corrected chi connectivity index (χ4v) is 3.99. The lowest BCUT2D eigenvalue weighted by atomic mass is 9.81. The van der Waals surface area contributed by atoms with E-state index in [9.17, 15) is 10.2 Å². The van der Waals surface area contributed by atoms with Gasteiger partial charge < -0.3 is 30.2 Å². The van der Waals surface area contributed by atoms with Gasteiger partial charge in [0.15, 0.2) is 12.1 Å². The van der Waals surface area contributed by atoms with Crippen LogP contribution in [0.2, 0.25) is 25.7 Å². The average Bonchev–Trinajstić information content (AvgIpc) is 2.34. The van der Waals surface area contributed by atoms with Crippen molar-refractivity contribution in [3.63, 3.8) is 0 Å². The van der Waals surface area contributed by atoms with Crippen LogP contribution < -0.4 is 5.73 Å². The topological polar surface area (TPSA) is 94.2 Å². The molecule has 0 bridgehead atoms. The van der Waals surface area contributed by atoms with Gasteiger partial charge in [-0.3, -0.25) is 0 Å². The average molecular weight is 319 g/mol. The second-order valence-electron chi connectivity index (χ2n) is 7.94. The third-order valence-electron chi connectivity index (χ3n) is 4.31. The first-order valence-corrected chi connectivity index (χ1v) is 11.3. The highest BCUT2D eigenvalue weighted by molar-refractivity contribution is 6.76. The predicted octanol–water partition coefficient (Wildman–Crippen LogP) is 0.642. The van der Waals surface area contributed by atoms with E-state index in [1.807, 2.05) is 0 Å². The van der Waals surface area contributed by atoms with Gasteiger partial charge in [-0.25, -0.2) is 0 Å². The summed E-state index contributed by atoms with van der Waals surface area (Å²) in [6.07, 6.45) is -2.75. The number of aliphatic hydroxyl groups is 2. The van der Waals surface area contributed by atoms with Gasteiger partial charge in [0.05, 0.1) is 12.1 Å². The molecule has 0 radical (unpaired) electrons. The second-order valence-corrected chi connectivity index (χ2v) is 13.6. The molecule has 2 aliphatic heterocycles. The molecule has 7 heteroatoms. The molecule has 2 aliphatic rings. The fraction of sp³-hybridized carbons (Fsp3) is 1.00. The lowest BCUT2D eigenvalue weighted by molar-refractivity contribution is -0.375. The van der Waals surface area contributed by atoms with E-state index in [0.29, 0.717) is 6.42 Å².